The molecule has 0 rings (SSSR count). The van der Waals surface area contributed by atoms with Crippen molar-refractivity contribution in [3.05, 3.63) is 0 Å². The van der Waals surface area contributed by atoms with Gasteiger partial charge in [-0.2, -0.15) is 0 Å². The second-order valence-electron chi connectivity index (χ2n) is 4.33. The topological polar surface area (TPSA) is 37.3 Å². The third-order valence-corrected chi connectivity index (χ3v) is 2.74. The third kappa shape index (κ3) is 16.4. The molecule has 0 unspecified atom stereocenters. The van der Waals surface area contributed by atoms with Gasteiger partial charge in [-0.25, -0.2) is 0 Å². The molecule has 0 saturated carbocycles. The number of hydrogen-bond acceptors (Lipinski definition) is 1. The van der Waals surface area contributed by atoms with E-state index in [4.69, 9.17) is 5.11 Å². The molecule has 0 aliphatic carbocycles. The van der Waals surface area contributed by atoms with Gasteiger partial charge in [-0.15, -0.1) is 0 Å². The van der Waals surface area contributed by atoms with Gasteiger partial charge in [0.05, 0.1) is 0 Å². The van der Waals surface area contributed by atoms with Crippen molar-refractivity contribution < 1.29 is 9.90 Å². The monoisotopic (exact) mass is 244 g/mol. The van der Waals surface area contributed by atoms with Gasteiger partial charge in [-0.1, -0.05) is 64.7 Å². The highest BCUT2D eigenvalue weighted by Gasteiger charge is 1.96. The highest BCUT2D eigenvalue weighted by molar-refractivity contribution is 5.75. The third-order valence-electron chi connectivity index (χ3n) is 2.74. The molecule has 16 heavy (non-hydrogen) atoms. The summed E-state index contributed by atoms with van der Waals surface area (Å²) in [5.41, 5.74) is 0. The number of carboxylic acid groups (broad SMARTS) is 1. The number of carboxylic acids is 1. The Morgan fingerprint density at radius 3 is 1.56 bits per heavy atom. The highest BCUT2D eigenvalue weighted by atomic mass is 27.0. The van der Waals surface area contributed by atoms with E-state index in [0.717, 1.165) is 12.8 Å². The minimum Gasteiger partial charge on any atom is -0.481 e. The lowest BCUT2D eigenvalue weighted by atomic mass is 10.1. The van der Waals surface area contributed by atoms with E-state index in [1.807, 2.05) is 0 Å². The summed E-state index contributed by atoms with van der Waals surface area (Å²) in [5, 5.41) is 8.44. The van der Waals surface area contributed by atoms with Crippen LogP contribution in [-0.4, -0.2) is 28.4 Å². The molecular formula is C13H29AlO2. The predicted molar refractivity (Wildman–Crippen MR) is 74.0 cm³/mol. The normalized spacial score (nSPS) is 9.81. The van der Waals surface area contributed by atoms with Crippen LogP contribution in [0.1, 0.15) is 77.6 Å². The molecule has 0 aliphatic heterocycles. The van der Waals surface area contributed by atoms with Crippen molar-refractivity contribution in [1.29, 1.82) is 0 Å². The number of rotatable bonds is 11. The summed E-state index contributed by atoms with van der Waals surface area (Å²) >= 11 is 0. The fourth-order valence-electron chi connectivity index (χ4n) is 1.76. The van der Waals surface area contributed by atoms with Crippen LogP contribution >= 0.6 is 0 Å². The molecule has 0 saturated heterocycles. The molecule has 0 aromatic rings. The molecule has 2 nitrogen and oxygen atoms in total. The molecular weight excluding hydrogens is 215 g/mol. The van der Waals surface area contributed by atoms with Crippen LogP contribution in [0.4, 0.5) is 0 Å². The van der Waals surface area contributed by atoms with Gasteiger partial charge in [0.1, 0.15) is 0 Å². The van der Waals surface area contributed by atoms with E-state index < -0.39 is 5.97 Å². The summed E-state index contributed by atoms with van der Waals surface area (Å²) in [6.07, 6.45) is 12.9. The lowest BCUT2D eigenvalue weighted by Gasteiger charge is -2.01. The summed E-state index contributed by atoms with van der Waals surface area (Å²) in [5.74, 6) is -0.658. The molecule has 0 spiro atoms. The summed E-state index contributed by atoms with van der Waals surface area (Å²) in [6.45, 7) is 2.24. The molecule has 96 valence electrons. The van der Waals surface area contributed by atoms with Crippen LogP contribution in [0.15, 0.2) is 0 Å². The molecule has 0 fully saturated rings. The van der Waals surface area contributed by atoms with Crippen LogP contribution in [-0.2, 0) is 4.79 Å². The Morgan fingerprint density at radius 1 is 0.812 bits per heavy atom. The van der Waals surface area contributed by atoms with Crippen LogP contribution in [0.3, 0.4) is 0 Å². The van der Waals surface area contributed by atoms with E-state index in [2.05, 4.69) is 6.92 Å². The Balaban J connectivity index is 0. The van der Waals surface area contributed by atoms with E-state index in [1.54, 1.807) is 0 Å². The number of unbranched alkanes of at least 4 members (excludes halogenated alkanes) is 9. The van der Waals surface area contributed by atoms with Gasteiger partial charge in [-0.3, -0.25) is 4.79 Å². The molecule has 0 atom stereocenters. The SMILES string of the molecule is CCCCCCCCCCCCC(=O)O.[AlH3]. The largest absolute Gasteiger partial charge is 0.481 e. The van der Waals surface area contributed by atoms with Gasteiger partial charge in [-0.05, 0) is 6.42 Å². The molecule has 0 radical (unpaired) electrons. The standard InChI is InChI=1S/C13H26O2.Al.3H/c1-2-3-4-5-6-7-8-9-10-11-12-13(14)15;;;;/h2-12H2,1H3,(H,14,15);;;;. The maximum absolute atomic E-state index is 10.2. The van der Waals surface area contributed by atoms with Crippen molar-refractivity contribution >= 4 is 23.3 Å². The molecule has 0 aliphatic rings. The molecule has 0 heterocycles. The summed E-state index contributed by atoms with van der Waals surface area (Å²) in [7, 11) is 0. The zero-order valence-electron chi connectivity index (χ0n) is 10.1. The second kappa shape index (κ2) is 15.0. The molecule has 0 aromatic carbocycles. The molecule has 0 amide bonds. The lowest BCUT2D eigenvalue weighted by Crippen LogP contribution is -1.93. The van der Waals surface area contributed by atoms with Crippen molar-refractivity contribution in [3.63, 3.8) is 0 Å². The number of carbonyl (C=O) groups is 1. The fourth-order valence-corrected chi connectivity index (χ4v) is 1.76. The summed E-state index contributed by atoms with van der Waals surface area (Å²) in [6, 6.07) is 0. The molecule has 3 heteroatoms. The Kier molecular flexibility index (Phi) is 17.2. The molecule has 0 bridgehead atoms. The Morgan fingerprint density at radius 2 is 1.19 bits per heavy atom. The zero-order chi connectivity index (χ0) is 11.4. The maximum Gasteiger partial charge on any atom is 0.303 e. The van der Waals surface area contributed by atoms with Crippen molar-refractivity contribution in [3.8, 4) is 0 Å². The van der Waals surface area contributed by atoms with Crippen LogP contribution < -0.4 is 0 Å². The van der Waals surface area contributed by atoms with Gasteiger partial charge >= 0.3 is 5.97 Å². The first-order chi connectivity index (χ1) is 7.27. The number of aliphatic carboxylic acids is 1. The van der Waals surface area contributed by atoms with Gasteiger partial charge in [0.2, 0.25) is 0 Å². The summed E-state index contributed by atoms with van der Waals surface area (Å²) < 4.78 is 0. The lowest BCUT2D eigenvalue weighted by molar-refractivity contribution is -0.137. The molecule has 1 N–H and O–H groups in total. The first-order valence-electron chi connectivity index (χ1n) is 6.49. The average Bonchev–Trinajstić information content (AvgIpc) is 2.20. The van der Waals surface area contributed by atoms with E-state index in [-0.39, 0.29) is 17.4 Å². The Hall–Kier alpha value is 0.00247. The van der Waals surface area contributed by atoms with Gasteiger partial charge in [0.25, 0.3) is 0 Å². The number of hydrogen-bond donors (Lipinski definition) is 1. The minimum absolute atomic E-state index is 0. The first kappa shape index (κ1) is 18.4. The van der Waals surface area contributed by atoms with E-state index in [9.17, 15) is 4.79 Å². The Bertz CT molecular complexity index is 149. The minimum atomic E-state index is -0.658. The van der Waals surface area contributed by atoms with Crippen LogP contribution in [0.2, 0.25) is 0 Å². The highest BCUT2D eigenvalue weighted by Crippen LogP contribution is 2.10. The molecule has 0 aromatic heterocycles. The van der Waals surface area contributed by atoms with Crippen molar-refractivity contribution in [1.82, 2.24) is 0 Å². The van der Waals surface area contributed by atoms with Crippen LogP contribution in [0.5, 0.6) is 0 Å². The van der Waals surface area contributed by atoms with Crippen LogP contribution in [0, 0.1) is 0 Å². The van der Waals surface area contributed by atoms with Crippen molar-refractivity contribution in [2.24, 2.45) is 0 Å². The maximum atomic E-state index is 10.2. The second-order valence-corrected chi connectivity index (χ2v) is 4.33. The summed E-state index contributed by atoms with van der Waals surface area (Å²) in [4.78, 5) is 10.2. The van der Waals surface area contributed by atoms with E-state index >= 15 is 0 Å². The van der Waals surface area contributed by atoms with Gasteiger partial charge in [0, 0.05) is 6.42 Å². The smallest absolute Gasteiger partial charge is 0.303 e. The van der Waals surface area contributed by atoms with Crippen LogP contribution in [0.25, 0.3) is 0 Å². The quantitative estimate of drug-likeness (QED) is 0.447. The van der Waals surface area contributed by atoms with Gasteiger partial charge < -0.3 is 5.11 Å². The van der Waals surface area contributed by atoms with E-state index in [0.29, 0.717) is 6.42 Å². The first-order valence-corrected chi connectivity index (χ1v) is 6.49. The zero-order valence-corrected chi connectivity index (χ0v) is 10.1. The van der Waals surface area contributed by atoms with Crippen molar-refractivity contribution in [2.75, 3.05) is 0 Å². The van der Waals surface area contributed by atoms with Gasteiger partial charge in [0.15, 0.2) is 17.4 Å². The van der Waals surface area contributed by atoms with E-state index in [1.165, 1.54) is 51.4 Å². The Labute approximate surface area is 111 Å². The predicted octanol–water partition coefficient (Wildman–Crippen LogP) is 3.20. The average molecular weight is 244 g/mol. The van der Waals surface area contributed by atoms with Crippen molar-refractivity contribution in [2.45, 2.75) is 77.6 Å². The fraction of sp³-hybridized carbons (Fsp3) is 0.923.